The molecule has 2 aliphatic carbocycles. The fourth-order valence-corrected chi connectivity index (χ4v) is 7.51. The Kier molecular flexibility index (Phi) is 8.02. The van der Waals surface area contributed by atoms with Crippen LogP contribution in [0.4, 0.5) is 0 Å². The molecule has 43 heavy (non-hydrogen) atoms. The van der Waals surface area contributed by atoms with Gasteiger partial charge >= 0.3 is 0 Å². The molecule has 3 aliphatic rings. The number of β-amino-alcohol motifs (C(OH)–C–C–N with tert-alkyl or cyclic N) is 1. The molecule has 1 aliphatic heterocycles. The lowest BCUT2D eigenvalue weighted by molar-refractivity contribution is -0.142. The van der Waals surface area contributed by atoms with Crippen molar-refractivity contribution in [3.63, 3.8) is 0 Å². The first-order valence-electron chi connectivity index (χ1n) is 15.0. The number of amides is 2. The number of hydrogen-bond acceptors (Lipinski definition) is 8. The maximum absolute atomic E-state index is 14.4. The van der Waals surface area contributed by atoms with E-state index in [0.717, 1.165) is 65.1 Å². The summed E-state index contributed by atoms with van der Waals surface area (Å²) in [4.78, 5) is 38.0. The molecule has 1 saturated carbocycles. The highest BCUT2D eigenvalue weighted by Crippen LogP contribution is 2.50. The summed E-state index contributed by atoms with van der Waals surface area (Å²) in [6.07, 6.45) is 4.06. The van der Waals surface area contributed by atoms with Gasteiger partial charge in [-0.25, -0.2) is 4.98 Å². The molecule has 2 aromatic heterocycles. The van der Waals surface area contributed by atoms with E-state index in [4.69, 9.17) is 10.1 Å². The van der Waals surface area contributed by atoms with E-state index < -0.39 is 35.4 Å². The van der Waals surface area contributed by atoms with Crippen LogP contribution in [0.25, 0.3) is 20.9 Å². The number of likely N-dealkylation sites (tertiary alicyclic amines) is 1. The molecule has 11 nitrogen and oxygen atoms in total. The lowest BCUT2D eigenvalue weighted by Crippen LogP contribution is -2.50. The van der Waals surface area contributed by atoms with E-state index in [2.05, 4.69) is 39.3 Å². The Morgan fingerprint density at radius 3 is 2.74 bits per heavy atom. The summed E-state index contributed by atoms with van der Waals surface area (Å²) in [7, 11) is 0. The summed E-state index contributed by atoms with van der Waals surface area (Å²) in [6, 6.07) is 6.23. The molecule has 0 radical (unpaired) electrons. The molecular formula is C31H37N7O4S. The van der Waals surface area contributed by atoms with Crippen LogP contribution in [0.1, 0.15) is 92.1 Å². The van der Waals surface area contributed by atoms with Gasteiger partial charge in [-0.3, -0.25) is 9.59 Å². The first-order chi connectivity index (χ1) is 20.7. The number of hydrogen-bond donors (Lipinski definition) is 2. The third kappa shape index (κ3) is 5.79. The van der Waals surface area contributed by atoms with Gasteiger partial charge in [-0.2, -0.15) is 0 Å². The molecule has 0 unspecified atom stereocenters. The van der Waals surface area contributed by atoms with Crippen LogP contribution in [0.15, 0.2) is 39.4 Å². The highest BCUT2D eigenvalue weighted by molar-refractivity contribution is 7.13. The number of carbonyl (C=O) groups is 2. The maximum Gasteiger partial charge on any atom is 0.243 e. The van der Waals surface area contributed by atoms with Crippen LogP contribution in [0.2, 0.25) is 0 Å². The van der Waals surface area contributed by atoms with Crippen LogP contribution in [0.5, 0.6) is 0 Å². The minimum Gasteiger partial charge on any atom is -0.391 e. The summed E-state index contributed by atoms with van der Waals surface area (Å²) in [6.45, 7) is 6.16. The average molecular weight is 604 g/mol. The first-order valence-corrected chi connectivity index (χ1v) is 15.8. The van der Waals surface area contributed by atoms with Crippen molar-refractivity contribution in [2.75, 3.05) is 13.1 Å². The predicted octanol–water partition coefficient (Wildman–Crippen LogP) is 5.56. The summed E-state index contributed by atoms with van der Waals surface area (Å²) in [5, 5.41) is 21.8. The van der Waals surface area contributed by atoms with E-state index in [1.54, 1.807) is 16.8 Å². The van der Waals surface area contributed by atoms with Gasteiger partial charge in [-0.05, 0) is 61.1 Å². The topological polar surface area (TPSA) is 157 Å². The minimum atomic E-state index is -0.872. The molecule has 2 fully saturated rings. The van der Waals surface area contributed by atoms with Gasteiger partial charge in [0.05, 0.1) is 40.5 Å². The second-order valence-electron chi connectivity index (χ2n) is 12.7. The van der Waals surface area contributed by atoms with Gasteiger partial charge in [0.15, 0.2) is 5.76 Å². The monoisotopic (exact) mass is 603 g/mol. The van der Waals surface area contributed by atoms with Crippen LogP contribution in [-0.4, -0.2) is 57.2 Å². The number of nitrogens with one attached hydrogen (secondary N) is 1. The predicted molar refractivity (Wildman–Crippen MR) is 161 cm³/mol. The normalized spacial score (nSPS) is 23.6. The Morgan fingerprint density at radius 1 is 1.30 bits per heavy atom. The van der Waals surface area contributed by atoms with Crippen LogP contribution in [-0.2, 0) is 16.0 Å². The standard InChI is InChI=1S/C31H37N7O4S/c1-17-28(43-16-33-17)20-10-6-18(7-11-20)23(14-34-37-32)35-29(40)24-13-21(39)15-38(24)30(41)25-27-22(5-4-12-31(25,2)3)26(36-42-27)19-8-9-19/h6-7,10-11,16,19,21,23-25,39H,4-5,8-9,12-15H2,1-3H3,(H,35,40)/t21-,23+,24+,25-/m1/s1. The van der Waals surface area contributed by atoms with Crippen molar-refractivity contribution in [1.82, 2.24) is 20.4 Å². The molecule has 1 saturated heterocycles. The Labute approximate surface area is 254 Å². The number of carbonyl (C=O) groups excluding carboxylic acids is 2. The van der Waals surface area contributed by atoms with E-state index >= 15 is 0 Å². The number of aliphatic hydroxyl groups excluding tert-OH is 1. The molecule has 3 aromatic rings. The summed E-state index contributed by atoms with van der Waals surface area (Å²) in [5.74, 6) is -0.197. The van der Waals surface area contributed by atoms with Gasteiger partial charge in [0.2, 0.25) is 11.8 Å². The summed E-state index contributed by atoms with van der Waals surface area (Å²) < 4.78 is 5.92. The largest absolute Gasteiger partial charge is 0.391 e. The van der Waals surface area contributed by atoms with Gasteiger partial charge in [0, 0.05) is 29.4 Å². The molecule has 226 valence electrons. The van der Waals surface area contributed by atoms with Gasteiger partial charge in [-0.1, -0.05) is 48.4 Å². The molecule has 4 atom stereocenters. The van der Waals surface area contributed by atoms with Gasteiger partial charge < -0.3 is 19.8 Å². The quantitative estimate of drug-likeness (QED) is 0.149. The minimum absolute atomic E-state index is 0.00537. The molecule has 0 bridgehead atoms. The lowest BCUT2D eigenvalue weighted by Gasteiger charge is -2.35. The maximum atomic E-state index is 14.4. The first kappa shape index (κ1) is 29.3. The number of azide groups is 1. The van der Waals surface area contributed by atoms with Crippen molar-refractivity contribution < 1.29 is 19.2 Å². The van der Waals surface area contributed by atoms with Gasteiger partial charge in [-0.15, -0.1) is 11.3 Å². The number of nitrogens with zero attached hydrogens (tertiary/aromatic N) is 6. The van der Waals surface area contributed by atoms with Crippen molar-refractivity contribution in [2.24, 2.45) is 10.5 Å². The number of benzene rings is 1. The average Bonchev–Trinajstić information content (AvgIpc) is 3.46. The van der Waals surface area contributed by atoms with Crippen LogP contribution in [0.3, 0.4) is 0 Å². The van der Waals surface area contributed by atoms with Gasteiger partial charge in [0.1, 0.15) is 12.0 Å². The van der Waals surface area contributed by atoms with E-state index in [0.29, 0.717) is 11.7 Å². The zero-order chi connectivity index (χ0) is 30.3. The number of rotatable bonds is 8. The van der Waals surface area contributed by atoms with Gasteiger partial charge in [0.25, 0.3) is 0 Å². The fraction of sp³-hybridized carbons (Fsp3) is 0.548. The molecular weight excluding hydrogens is 566 g/mol. The fourth-order valence-electron chi connectivity index (χ4n) is 6.70. The molecule has 1 aromatic carbocycles. The number of aryl methyl sites for hydroxylation is 1. The molecule has 12 heteroatoms. The van der Waals surface area contributed by atoms with E-state index in [1.807, 2.05) is 31.2 Å². The molecule has 2 N–H and O–H groups in total. The Hall–Kier alpha value is -3.73. The third-order valence-electron chi connectivity index (χ3n) is 9.18. The van der Waals surface area contributed by atoms with Crippen molar-refractivity contribution in [2.45, 2.75) is 89.3 Å². The highest BCUT2D eigenvalue weighted by Gasteiger charge is 2.50. The van der Waals surface area contributed by atoms with Crippen molar-refractivity contribution in [3.8, 4) is 10.4 Å². The number of fused-ring (bicyclic) bond motifs is 1. The van der Waals surface area contributed by atoms with Crippen LogP contribution in [0, 0.1) is 12.3 Å². The Balaban J connectivity index is 1.25. The SMILES string of the molecule is Cc1ncsc1-c1ccc([C@H](CN=[N+]=[N-])NC(=O)[C@@H]2C[C@@H](O)CN2C(=O)[C@H]2c3onc(C4CC4)c3CCCC2(C)C)cc1. The van der Waals surface area contributed by atoms with Crippen molar-refractivity contribution in [1.29, 1.82) is 0 Å². The number of aliphatic hydroxyl groups is 1. The molecule has 2 amide bonds. The van der Waals surface area contributed by atoms with E-state index in [1.165, 1.54) is 4.90 Å². The second-order valence-corrected chi connectivity index (χ2v) is 13.6. The number of thiazole rings is 1. The highest BCUT2D eigenvalue weighted by atomic mass is 32.1. The number of aromatic nitrogens is 2. The molecule has 6 rings (SSSR count). The van der Waals surface area contributed by atoms with E-state index in [-0.39, 0.29) is 25.4 Å². The van der Waals surface area contributed by atoms with Crippen LogP contribution < -0.4 is 5.32 Å². The van der Waals surface area contributed by atoms with Crippen molar-refractivity contribution in [3.05, 3.63) is 68.5 Å². The third-order valence-corrected chi connectivity index (χ3v) is 10.2. The Bertz CT molecular complexity index is 1550. The van der Waals surface area contributed by atoms with E-state index in [9.17, 15) is 14.7 Å². The second kappa shape index (κ2) is 11.7. The van der Waals surface area contributed by atoms with Crippen LogP contribution >= 0.6 is 11.3 Å². The smallest absolute Gasteiger partial charge is 0.243 e. The zero-order valence-electron chi connectivity index (χ0n) is 24.7. The molecule has 3 heterocycles. The Morgan fingerprint density at radius 2 is 2.07 bits per heavy atom. The van der Waals surface area contributed by atoms with Crippen molar-refractivity contribution >= 4 is 23.2 Å². The molecule has 0 spiro atoms. The zero-order valence-corrected chi connectivity index (χ0v) is 25.5. The summed E-state index contributed by atoms with van der Waals surface area (Å²) >= 11 is 1.56. The lowest BCUT2D eigenvalue weighted by atomic mass is 9.74. The summed E-state index contributed by atoms with van der Waals surface area (Å²) in [5.41, 5.74) is 15.2.